The summed E-state index contributed by atoms with van der Waals surface area (Å²) in [5, 5.41) is 0. The summed E-state index contributed by atoms with van der Waals surface area (Å²) in [6.07, 6.45) is 49.3. The number of likely N-dealkylation sites (tertiary alicyclic amines) is 2. The number of alkyl halides is 1. The van der Waals surface area contributed by atoms with Crippen molar-refractivity contribution >= 4 is 22.6 Å². The van der Waals surface area contributed by atoms with Crippen molar-refractivity contribution in [2.75, 3.05) is 0 Å². The van der Waals surface area contributed by atoms with Crippen molar-refractivity contribution in [2.24, 2.45) is 47.3 Å². The van der Waals surface area contributed by atoms with E-state index in [9.17, 15) is 0 Å². The average molecular weight is 807 g/mol. The standard InChI is InChI=1S/C48H75IN2/c49-34-25-30-44-43-17-7-10-20-47(43)51(48(44)31-34)36-28-23-33(24-29-36)38-12-2-4-14-40(38)39-13-3-1-11-37(39)32-21-26-35(27-22-32)50-45-18-8-5-15-41(45)42-16-6-9-19-46(42)50/h11,21,33-36,38-48H,1-10,12-20,22-31H2. The Morgan fingerprint density at radius 3 is 1.65 bits per heavy atom. The Bertz CT molecular complexity index is 1240. The van der Waals surface area contributed by atoms with Gasteiger partial charge >= 0.3 is 0 Å². The van der Waals surface area contributed by atoms with Gasteiger partial charge < -0.3 is 0 Å². The highest BCUT2D eigenvalue weighted by Gasteiger charge is 2.54. The normalized spacial score (nSPS) is 49.6. The maximum atomic E-state index is 3.27. The first-order chi connectivity index (χ1) is 25.2. The van der Waals surface area contributed by atoms with Gasteiger partial charge in [0.05, 0.1) is 0 Å². The van der Waals surface area contributed by atoms with Gasteiger partial charge in [0.2, 0.25) is 0 Å². The molecule has 0 radical (unpaired) electrons. The molecule has 3 heteroatoms. The van der Waals surface area contributed by atoms with E-state index in [-0.39, 0.29) is 0 Å². The molecule has 10 aliphatic rings. The third-order valence-corrected chi connectivity index (χ3v) is 19.7. The fourth-order valence-corrected chi connectivity index (χ4v) is 17.6. The molecule has 0 N–H and O–H groups in total. The van der Waals surface area contributed by atoms with Crippen molar-refractivity contribution in [1.29, 1.82) is 0 Å². The van der Waals surface area contributed by atoms with Gasteiger partial charge in [-0.05, 0) is 193 Å². The van der Waals surface area contributed by atoms with E-state index in [0.717, 1.165) is 87.5 Å². The van der Waals surface area contributed by atoms with Crippen LogP contribution in [-0.2, 0) is 0 Å². The minimum Gasteiger partial charge on any atom is -0.294 e. The molecule has 0 aromatic carbocycles. The Kier molecular flexibility index (Phi) is 10.9. The molecule has 0 bridgehead atoms. The topological polar surface area (TPSA) is 6.48 Å². The van der Waals surface area contributed by atoms with Crippen LogP contribution in [0.25, 0.3) is 0 Å². The molecular weight excluding hydrogens is 731 g/mol. The van der Waals surface area contributed by atoms with Crippen LogP contribution in [-0.4, -0.2) is 50.0 Å². The highest BCUT2D eigenvalue weighted by molar-refractivity contribution is 14.1. The van der Waals surface area contributed by atoms with Crippen molar-refractivity contribution in [3.8, 4) is 0 Å². The first kappa shape index (κ1) is 35.5. The van der Waals surface area contributed by atoms with Gasteiger partial charge in [-0.25, -0.2) is 0 Å². The molecule has 51 heavy (non-hydrogen) atoms. The molecule has 8 fully saturated rings. The van der Waals surface area contributed by atoms with Crippen LogP contribution < -0.4 is 0 Å². The number of rotatable bonds is 5. The predicted molar refractivity (Wildman–Crippen MR) is 222 cm³/mol. The van der Waals surface area contributed by atoms with Crippen LogP contribution in [0.3, 0.4) is 0 Å². The molecule has 0 amide bonds. The molecule has 13 unspecified atom stereocenters. The Morgan fingerprint density at radius 1 is 0.451 bits per heavy atom. The van der Waals surface area contributed by atoms with Crippen LogP contribution in [0.5, 0.6) is 0 Å². The largest absolute Gasteiger partial charge is 0.294 e. The maximum Gasteiger partial charge on any atom is 0.0143 e. The number of fused-ring (bicyclic) bond motifs is 6. The van der Waals surface area contributed by atoms with Crippen LogP contribution in [0, 0.1) is 47.3 Å². The third-order valence-electron chi connectivity index (χ3n) is 18.6. The number of nitrogens with zero attached hydrogens (tertiary/aromatic N) is 2. The van der Waals surface area contributed by atoms with Gasteiger partial charge in [-0.1, -0.05) is 86.1 Å². The summed E-state index contributed by atoms with van der Waals surface area (Å²) in [5.74, 6) is 8.09. The zero-order chi connectivity index (χ0) is 33.9. The molecular formula is C48H75IN2. The van der Waals surface area contributed by atoms with E-state index in [1.807, 2.05) is 11.1 Å². The Labute approximate surface area is 327 Å². The molecule has 2 heterocycles. The van der Waals surface area contributed by atoms with Crippen LogP contribution >= 0.6 is 22.6 Å². The average Bonchev–Trinajstić information content (AvgIpc) is 3.70. The van der Waals surface area contributed by atoms with Crippen LogP contribution in [0.1, 0.15) is 186 Å². The number of hydrogen-bond acceptors (Lipinski definition) is 2. The van der Waals surface area contributed by atoms with Crippen molar-refractivity contribution in [3.05, 3.63) is 23.3 Å². The van der Waals surface area contributed by atoms with Crippen molar-refractivity contribution in [2.45, 2.75) is 226 Å². The summed E-state index contributed by atoms with van der Waals surface area (Å²) in [6, 6.07) is 5.53. The van der Waals surface area contributed by atoms with Crippen molar-refractivity contribution < 1.29 is 0 Å². The monoisotopic (exact) mass is 806 g/mol. The fraction of sp³-hybridized carbons (Fsp3) is 0.917. The SMILES string of the molecule is IC1CCC2C3CCCCC3N(C3CCC(C4CCCCC4C4CCCC=C4C4=CCC(N5C6CCCCC6C6CCCCC65)CC4)CC3)C2C1. The summed E-state index contributed by atoms with van der Waals surface area (Å²) in [7, 11) is 0. The molecule has 284 valence electrons. The minimum absolute atomic E-state index is 0.846. The molecule has 0 spiro atoms. The fourth-order valence-electron chi connectivity index (χ4n) is 16.7. The second-order valence-electron chi connectivity index (χ2n) is 20.6. The Balaban J connectivity index is 0.816. The highest BCUT2D eigenvalue weighted by Crippen LogP contribution is 2.56. The van der Waals surface area contributed by atoms with Gasteiger partial charge in [0.15, 0.2) is 0 Å². The van der Waals surface area contributed by atoms with Gasteiger partial charge in [-0.3, -0.25) is 9.80 Å². The lowest BCUT2D eigenvalue weighted by Crippen LogP contribution is -2.49. The van der Waals surface area contributed by atoms with E-state index in [2.05, 4.69) is 44.5 Å². The summed E-state index contributed by atoms with van der Waals surface area (Å²) >= 11 is 2.83. The lowest BCUT2D eigenvalue weighted by atomic mass is 9.60. The zero-order valence-electron chi connectivity index (χ0n) is 32.6. The summed E-state index contributed by atoms with van der Waals surface area (Å²) < 4.78 is 0.933. The van der Waals surface area contributed by atoms with E-state index in [0.29, 0.717) is 0 Å². The van der Waals surface area contributed by atoms with Gasteiger partial charge in [0, 0.05) is 40.2 Å². The molecule has 6 saturated carbocycles. The molecule has 2 aliphatic heterocycles. The van der Waals surface area contributed by atoms with Gasteiger partial charge in [-0.15, -0.1) is 0 Å². The Morgan fingerprint density at radius 2 is 1.02 bits per heavy atom. The first-order valence-electron chi connectivity index (χ1n) is 23.8. The van der Waals surface area contributed by atoms with E-state index in [4.69, 9.17) is 0 Å². The van der Waals surface area contributed by atoms with Crippen LogP contribution in [0.4, 0.5) is 0 Å². The van der Waals surface area contributed by atoms with E-state index < -0.39 is 0 Å². The summed E-state index contributed by atoms with van der Waals surface area (Å²) in [5.41, 5.74) is 3.74. The van der Waals surface area contributed by atoms with Gasteiger partial charge in [0.25, 0.3) is 0 Å². The second kappa shape index (κ2) is 15.6. The maximum absolute atomic E-state index is 3.27. The summed E-state index contributed by atoms with van der Waals surface area (Å²) in [6.45, 7) is 0. The number of halogens is 1. The number of hydrogen-bond donors (Lipinski definition) is 0. The van der Waals surface area contributed by atoms with E-state index >= 15 is 0 Å². The molecule has 0 aromatic heterocycles. The van der Waals surface area contributed by atoms with E-state index in [1.54, 1.807) is 51.4 Å². The molecule has 2 nitrogen and oxygen atoms in total. The zero-order valence-corrected chi connectivity index (χ0v) is 34.8. The number of allylic oxidation sites excluding steroid dienone is 3. The van der Waals surface area contributed by atoms with Crippen LogP contribution in [0.2, 0.25) is 0 Å². The third kappa shape index (κ3) is 6.65. The smallest absolute Gasteiger partial charge is 0.0143 e. The Hall–Kier alpha value is 0.130. The predicted octanol–water partition coefficient (Wildman–Crippen LogP) is 12.8. The first-order valence-corrected chi connectivity index (χ1v) is 25.1. The lowest BCUT2D eigenvalue weighted by molar-refractivity contribution is 0.0296. The van der Waals surface area contributed by atoms with Crippen molar-refractivity contribution in [3.63, 3.8) is 0 Å². The molecule has 10 rings (SSSR count). The molecule has 2 saturated heterocycles. The lowest BCUT2D eigenvalue weighted by Gasteiger charge is -2.48. The van der Waals surface area contributed by atoms with Gasteiger partial charge in [0.1, 0.15) is 0 Å². The van der Waals surface area contributed by atoms with Crippen LogP contribution in [0.15, 0.2) is 23.3 Å². The molecule has 13 atom stereocenters. The van der Waals surface area contributed by atoms with Crippen molar-refractivity contribution in [1.82, 2.24) is 9.80 Å². The minimum atomic E-state index is 0.846. The second-order valence-corrected chi connectivity index (χ2v) is 22.4. The highest BCUT2D eigenvalue weighted by atomic mass is 127. The quantitative estimate of drug-likeness (QED) is 0.202. The summed E-state index contributed by atoms with van der Waals surface area (Å²) in [4.78, 5) is 6.48. The van der Waals surface area contributed by atoms with E-state index in [1.165, 1.54) is 135 Å². The molecule has 0 aromatic rings. The van der Waals surface area contributed by atoms with Gasteiger partial charge in [-0.2, -0.15) is 0 Å². The molecule has 8 aliphatic carbocycles.